The summed E-state index contributed by atoms with van der Waals surface area (Å²) in [6.07, 6.45) is 2.47. The van der Waals surface area contributed by atoms with Crippen LogP contribution in [0.2, 0.25) is 0 Å². The molecule has 0 bridgehead atoms. The van der Waals surface area contributed by atoms with Gasteiger partial charge in [-0.2, -0.15) is 0 Å². The van der Waals surface area contributed by atoms with Gasteiger partial charge in [0.1, 0.15) is 5.69 Å². The minimum absolute atomic E-state index is 0.0851. The average Bonchev–Trinajstić information content (AvgIpc) is 3.07. The number of carbonyl (C=O) groups is 2. The second kappa shape index (κ2) is 11.3. The molecule has 0 fully saturated rings. The first-order valence-electron chi connectivity index (χ1n) is 11.3. The van der Waals surface area contributed by atoms with Crippen LogP contribution in [-0.4, -0.2) is 34.5 Å². The number of esters is 1. The van der Waals surface area contributed by atoms with E-state index in [1.54, 1.807) is 13.0 Å². The van der Waals surface area contributed by atoms with Crippen molar-refractivity contribution in [1.29, 1.82) is 0 Å². The zero-order valence-corrected chi connectivity index (χ0v) is 19.7. The molecule has 0 unspecified atom stereocenters. The molecule has 0 aliphatic rings. The fourth-order valence-corrected chi connectivity index (χ4v) is 4.15. The van der Waals surface area contributed by atoms with Crippen LogP contribution in [0.3, 0.4) is 0 Å². The van der Waals surface area contributed by atoms with Crippen molar-refractivity contribution in [2.75, 3.05) is 13.2 Å². The number of ether oxygens (including phenoxy) is 1. The molecule has 0 spiro atoms. The molecule has 3 rings (SSSR count). The number of amides is 1. The zero-order chi connectivity index (χ0) is 23.8. The first-order valence-corrected chi connectivity index (χ1v) is 11.3. The van der Waals surface area contributed by atoms with Crippen molar-refractivity contribution >= 4 is 11.9 Å². The van der Waals surface area contributed by atoms with Gasteiger partial charge < -0.3 is 14.2 Å². The highest BCUT2D eigenvalue weighted by Crippen LogP contribution is 2.26. The molecule has 0 N–H and O–H groups in total. The van der Waals surface area contributed by atoms with E-state index in [0.717, 1.165) is 17.7 Å². The highest BCUT2D eigenvalue weighted by molar-refractivity contribution is 6.01. The number of rotatable bonds is 10. The summed E-state index contributed by atoms with van der Waals surface area (Å²) in [6.45, 7) is 11.1. The number of benzene rings is 2. The smallest absolute Gasteiger partial charge is 0.355 e. The molecule has 0 radical (unpaired) electrons. The molecule has 1 aromatic heterocycles. The fourth-order valence-electron chi connectivity index (χ4n) is 4.15. The Labute approximate surface area is 196 Å². The molecule has 1 amide bonds. The molecule has 1 heterocycles. The Balaban J connectivity index is 1.99. The Morgan fingerprint density at radius 3 is 2.18 bits per heavy atom. The average molecular weight is 445 g/mol. The van der Waals surface area contributed by atoms with E-state index in [1.807, 2.05) is 71.8 Å². The van der Waals surface area contributed by atoms with Gasteiger partial charge in [0.05, 0.1) is 12.2 Å². The van der Waals surface area contributed by atoms with Crippen molar-refractivity contribution in [2.24, 2.45) is 0 Å². The summed E-state index contributed by atoms with van der Waals surface area (Å²) in [6, 6.07) is 20.1. The normalized spacial score (nSPS) is 10.6. The number of aromatic nitrogens is 1. The molecule has 33 heavy (non-hydrogen) atoms. The first-order chi connectivity index (χ1) is 16.0. The summed E-state index contributed by atoms with van der Waals surface area (Å²) in [5.74, 6) is -0.504. The molecular formula is C28H32N2O3. The summed E-state index contributed by atoms with van der Waals surface area (Å²) >= 11 is 0. The van der Waals surface area contributed by atoms with Crippen LogP contribution >= 0.6 is 0 Å². The van der Waals surface area contributed by atoms with E-state index in [-0.39, 0.29) is 12.5 Å². The van der Waals surface area contributed by atoms with Crippen LogP contribution in [0.15, 0.2) is 73.3 Å². The van der Waals surface area contributed by atoms with Crippen LogP contribution < -0.4 is 0 Å². The highest BCUT2D eigenvalue weighted by atomic mass is 16.5. The maximum absolute atomic E-state index is 13.9. The SMILES string of the molecule is C=CCn1c(C)c(C(=O)N(CCc2ccccc2)Cc2ccccc2)c(C)c1C(=O)OCC. The van der Waals surface area contributed by atoms with Crippen LogP contribution in [0.5, 0.6) is 0 Å². The van der Waals surface area contributed by atoms with Crippen molar-refractivity contribution in [1.82, 2.24) is 9.47 Å². The number of hydrogen-bond acceptors (Lipinski definition) is 3. The molecule has 0 aliphatic carbocycles. The molecule has 3 aromatic rings. The van der Waals surface area contributed by atoms with Gasteiger partial charge >= 0.3 is 5.97 Å². The van der Waals surface area contributed by atoms with Crippen LogP contribution in [-0.2, 0) is 24.2 Å². The second-order valence-corrected chi connectivity index (χ2v) is 8.00. The van der Waals surface area contributed by atoms with Crippen molar-refractivity contribution in [2.45, 2.75) is 40.3 Å². The quantitative estimate of drug-likeness (QED) is 0.313. The lowest BCUT2D eigenvalue weighted by Gasteiger charge is -2.24. The number of nitrogens with zero attached hydrogens (tertiary/aromatic N) is 2. The Morgan fingerprint density at radius 2 is 1.61 bits per heavy atom. The van der Waals surface area contributed by atoms with Gasteiger partial charge in [-0.05, 0) is 43.9 Å². The van der Waals surface area contributed by atoms with Crippen LogP contribution in [0, 0.1) is 13.8 Å². The predicted molar refractivity (Wildman–Crippen MR) is 131 cm³/mol. The van der Waals surface area contributed by atoms with Gasteiger partial charge in [-0.15, -0.1) is 6.58 Å². The summed E-state index contributed by atoms with van der Waals surface area (Å²) in [5, 5.41) is 0. The minimum Gasteiger partial charge on any atom is -0.461 e. The Kier molecular flexibility index (Phi) is 8.25. The van der Waals surface area contributed by atoms with E-state index in [2.05, 4.69) is 18.7 Å². The van der Waals surface area contributed by atoms with Gasteiger partial charge in [0.2, 0.25) is 0 Å². The Bertz CT molecular complexity index is 1100. The number of hydrogen-bond donors (Lipinski definition) is 0. The maximum Gasteiger partial charge on any atom is 0.355 e. The predicted octanol–water partition coefficient (Wildman–Crippen LogP) is 5.35. The van der Waals surface area contributed by atoms with Crippen LogP contribution in [0.25, 0.3) is 0 Å². The van der Waals surface area contributed by atoms with Crippen molar-refractivity contribution in [3.8, 4) is 0 Å². The van der Waals surface area contributed by atoms with Crippen LogP contribution in [0.4, 0.5) is 0 Å². The largest absolute Gasteiger partial charge is 0.461 e. The van der Waals surface area contributed by atoms with E-state index >= 15 is 0 Å². The standard InChI is InChI=1S/C28H32N2O3/c1-5-18-30-22(4)25(21(3)26(30)28(32)33-6-2)27(31)29(20-24-15-11-8-12-16-24)19-17-23-13-9-7-10-14-23/h5,7-16H,1,6,17-20H2,2-4H3. The fraction of sp³-hybridized carbons (Fsp3) is 0.286. The second-order valence-electron chi connectivity index (χ2n) is 8.00. The van der Waals surface area contributed by atoms with Crippen molar-refractivity contribution in [3.05, 3.63) is 107 Å². The lowest BCUT2D eigenvalue weighted by molar-refractivity contribution is 0.0513. The molecule has 0 aliphatic heterocycles. The monoisotopic (exact) mass is 444 g/mol. The topological polar surface area (TPSA) is 51.5 Å². The van der Waals surface area contributed by atoms with E-state index < -0.39 is 5.97 Å². The third kappa shape index (κ3) is 5.61. The Morgan fingerprint density at radius 1 is 1.00 bits per heavy atom. The molecule has 0 saturated heterocycles. The molecule has 172 valence electrons. The van der Waals surface area contributed by atoms with Crippen LogP contribution in [0.1, 0.15) is 50.2 Å². The Hall–Kier alpha value is -3.60. The maximum atomic E-state index is 13.9. The summed E-state index contributed by atoms with van der Waals surface area (Å²) < 4.78 is 7.11. The van der Waals surface area contributed by atoms with Crippen molar-refractivity contribution in [3.63, 3.8) is 0 Å². The van der Waals surface area contributed by atoms with Gasteiger partial charge in [0, 0.05) is 25.3 Å². The number of carbonyl (C=O) groups excluding carboxylic acids is 2. The lowest BCUT2D eigenvalue weighted by Crippen LogP contribution is -2.33. The minimum atomic E-state index is -0.419. The third-order valence-corrected chi connectivity index (χ3v) is 5.78. The van der Waals surface area contributed by atoms with Gasteiger partial charge in [-0.1, -0.05) is 66.7 Å². The van der Waals surface area contributed by atoms with E-state index in [4.69, 9.17) is 4.74 Å². The first kappa shape index (κ1) is 24.1. The lowest BCUT2D eigenvalue weighted by atomic mass is 10.1. The van der Waals surface area contributed by atoms with Crippen molar-refractivity contribution < 1.29 is 14.3 Å². The van der Waals surface area contributed by atoms with E-state index in [1.165, 1.54) is 5.56 Å². The highest BCUT2D eigenvalue weighted by Gasteiger charge is 2.29. The van der Waals surface area contributed by atoms with E-state index in [9.17, 15) is 9.59 Å². The molecule has 0 atom stereocenters. The summed E-state index contributed by atoms with van der Waals surface area (Å²) in [4.78, 5) is 28.5. The molecular weight excluding hydrogens is 412 g/mol. The van der Waals surface area contributed by atoms with Gasteiger partial charge in [0.25, 0.3) is 5.91 Å². The molecule has 5 heteroatoms. The molecule has 0 saturated carbocycles. The van der Waals surface area contributed by atoms with Gasteiger partial charge in [-0.3, -0.25) is 4.79 Å². The van der Waals surface area contributed by atoms with Gasteiger partial charge in [-0.25, -0.2) is 4.79 Å². The summed E-state index contributed by atoms with van der Waals surface area (Å²) in [5.41, 5.74) is 4.61. The molecule has 5 nitrogen and oxygen atoms in total. The third-order valence-electron chi connectivity index (χ3n) is 5.78. The molecule has 2 aromatic carbocycles. The number of allylic oxidation sites excluding steroid dienone is 1. The van der Waals surface area contributed by atoms with Gasteiger partial charge in [0.15, 0.2) is 0 Å². The van der Waals surface area contributed by atoms with E-state index in [0.29, 0.717) is 36.5 Å². The summed E-state index contributed by atoms with van der Waals surface area (Å²) in [7, 11) is 0. The zero-order valence-electron chi connectivity index (χ0n) is 19.7.